The number of halogens is 4. The Labute approximate surface area is 119 Å². The van der Waals surface area contributed by atoms with Gasteiger partial charge < -0.3 is 0 Å². The van der Waals surface area contributed by atoms with Gasteiger partial charge in [-0.1, -0.05) is 22.0 Å². The van der Waals surface area contributed by atoms with Gasteiger partial charge >= 0.3 is 0 Å². The number of thiophene rings is 1. The molecule has 0 fully saturated rings. The second-order valence-electron chi connectivity index (χ2n) is 3.59. The van der Waals surface area contributed by atoms with Crippen molar-refractivity contribution < 1.29 is 8.78 Å². The maximum absolute atomic E-state index is 13.6. The number of benzene rings is 1. The summed E-state index contributed by atoms with van der Waals surface area (Å²) in [5, 5.41) is 0. The maximum atomic E-state index is 13.6. The van der Waals surface area contributed by atoms with Gasteiger partial charge in [0.1, 0.15) is 11.6 Å². The summed E-state index contributed by atoms with van der Waals surface area (Å²) in [7, 11) is 0. The molecule has 0 aliphatic carbocycles. The predicted octanol–water partition coefficient (Wildman–Crippen LogP) is 5.58. The van der Waals surface area contributed by atoms with Crippen LogP contribution in [0.5, 0.6) is 0 Å². The van der Waals surface area contributed by atoms with Gasteiger partial charge in [0, 0.05) is 16.5 Å². The Bertz CT molecular complexity index is 551. The highest BCUT2D eigenvalue weighted by Crippen LogP contribution is 2.39. The Hall–Kier alpha value is -0.260. The van der Waals surface area contributed by atoms with Crippen molar-refractivity contribution in [2.24, 2.45) is 0 Å². The van der Waals surface area contributed by atoms with E-state index in [2.05, 4.69) is 31.9 Å². The first-order valence-electron chi connectivity index (χ1n) is 4.84. The van der Waals surface area contributed by atoms with E-state index in [0.717, 1.165) is 20.3 Å². The van der Waals surface area contributed by atoms with Crippen LogP contribution in [0.2, 0.25) is 0 Å². The summed E-state index contributed by atoms with van der Waals surface area (Å²) in [5.41, 5.74) is 1.44. The normalized spacial score (nSPS) is 12.8. The molecule has 0 amide bonds. The highest BCUT2D eigenvalue weighted by atomic mass is 79.9. The summed E-state index contributed by atoms with van der Waals surface area (Å²) < 4.78 is 27.5. The Morgan fingerprint density at radius 3 is 2.41 bits per heavy atom. The zero-order chi connectivity index (χ0) is 12.6. The van der Waals surface area contributed by atoms with Crippen molar-refractivity contribution in [3.05, 3.63) is 55.7 Å². The minimum atomic E-state index is -0.561. The third-order valence-corrected chi connectivity index (χ3v) is 4.99. The Balaban J connectivity index is 2.43. The van der Waals surface area contributed by atoms with Gasteiger partial charge in [-0.15, -0.1) is 11.3 Å². The SMILES string of the molecule is Cc1sc(Br)cc1C(Br)c1ccc(F)cc1F. The summed E-state index contributed by atoms with van der Waals surface area (Å²) in [6.45, 7) is 1.97. The van der Waals surface area contributed by atoms with Gasteiger partial charge in [0.15, 0.2) is 0 Å². The van der Waals surface area contributed by atoms with Gasteiger partial charge in [-0.2, -0.15) is 0 Å². The molecule has 90 valence electrons. The summed E-state index contributed by atoms with van der Waals surface area (Å²) in [6.07, 6.45) is 0. The van der Waals surface area contributed by atoms with Crippen LogP contribution in [-0.4, -0.2) is 0 Å². The van der Waals surface area contributed by atoms with Crippen molar-refractivity contribution in [3.63, 3.8) is 0 Å². The summed E-state index contributed by atoms with van der Waals surface area (Å²) in [5.74, 6) is -1.09. The predicted molar refractivity (Wildman–Crippen MR) is 73.9 cm³/mol. The van der Waals surface area contributed by atoms with Crippen LogP contribution in [0.15, 0.2) is 28.1 Å². The van der Waals surface area contributed by atoms with Crippen LogP contribution in [-0.2, 0) is 0 Å². The molecule has 1 aromatic heterocycles. The highest BCUT2D eigenvalue weighted by Gasteiger charge is 2.18. The molecule has 0 saturated heterocycles. The number of hydrogen-bond acceptors (Lipinski definition) is 1. The molecule has 0 aliphatic rings. The van der Waals surface area contributed by atoms with E-state index in [4.69, 9.17) is 0 Å². The van der Waals surface area contributed by atoms with Crippen molar-refractivity contribution >= 4 is 43.2 Å². The summed E-state index contributed by atoms with van der Waals surface area (Å²) >= 11 is 8.45. The van der Waals surface area contributed by atoms with Gasteiger partial charge in [-0.3, -0.25) is 0 Å². The van der Waals surface area contributed by atoms with Crippen LogP contribution < -0.4 is 0 Å². The molecule has 0 nitrogen and oxygen atoms in total. The van der Waals surface area contributed by atoms with Crippen molar-refractivity contribution in [3.8, 4) is 0 Å². The first-order chi connectivity index (χ1) is 7.99. The third-order valence-electron chi connectivity index (χ3n) is 2.43. The number of alkyl halides is 1. The van der Waals surface area contributed by atoms with Crippen molar-refractivity contribution in [2.45, 2.75) is 11.8 Å². The van der Waals surface area contributed by atoms with E-state index in [1.807, 2.05) is 13.0 Å². The van der Waals surface area contributed by atoms with Gasteiger partial charge in [0.05, 0.1) is 8.61 Å². The number of hydrogen-bond donors (Lipinski definition) is 0. The largest absolute Gasteiger partial charge is 0.207 e. The summed E-state index contributed by atoms with van der Waals surface area (Å²) in [6, 6.07) is 5.58. The average molecular weight is 382 g/mol. The fourth-order valence-corrected chi connectivity index (χ4v) is 4.33. The molecule has 1 heterocycles. The van der Waals surface area contributed by atoms with Crippen LogP contribution in [0.4, 0.5) is 8.78 Å². The quantitative estimate of drug-likeness (QED) is 0.595. The van der Waals surface area contributed by atoms with E-state index in [1.54, 1.807) is 11.3 Å². The van der Waals surface area contributed by atoms with Crippen LogP contribution in [0.3, 0.4) is 0 Å². The van der Waals surface area contributed by atoms with Crippen LogP contribution in [0, 0.1) is 18.6 Å². The lowest BCUT2D eigenvalue weighted by molar-refractivity contribution is 0.574. The maximum Gasteiger partial charge on any atom is 0.130 e. The fourth-order valence-electron chi connectivity index (χ4n) is 1.58. The van der Waals surface area contributed by atoms with Crippen molar-refractivity contribution in [1.82, 2.24) is 0 Å². The number of aryl methyl sites for hydroxylation is 1. The zero-order valence-corrected chi connectivity index (χ0v) is 12.8. The molecule has 2 aromatic rings. The molecule has 2 rings (SSSR count). The molecular formula is C12H8Br2F2S. The monoisotopic (exact) mass is 380 g/mol. The molecule has 0 bridgehead atoms. The third kappa shape index (κ3) is 2.77. The van der Waals surface area contributed by atoms with Crippen molar-refractivity contribution in [1.29, 1.82) is 0 Å². The standard InChI is InChI=1S/C12H8Br2F2S/c1-6-9(5-11(13)17-6)12(14)8-3-2-7(15)4-10(8)16/h2-5,12H,1H3. The van der Waals surface area contributed by atoms with Gasteiger partial charge in [-0.05, 0) is 40.5 Å². The van der Waals surface area contributed by atoms with Gasteiger partial charge in [0.2, 0.25) is 0 Å². The lowest BCUT2D eigenvalue weighted by Crippen LogP contribution is -1.97. The lowest BCUT2D eigenvalue weighted by Gasteiger charge is -2.11. The van der Waals surface area contributed by atoms with E-state index in [-0.39, 0.29) is 4.83 Å². The van der Waals surface area contributed by atoms with Crippen LogP contribution in [0.1, 0.15) is 20.8 Å². The smallest absolute Gasteiger partial charge is 0.130 e. The molecule has 1 atom stereocenters. The molecule has 0 spiro atoms. The van der Waals surface area contributed by atoms with Crippen molar-refractivity contribution in [2.75, 3.05) is 0 Å². The molecule has 0 radical (unpaired) electrons. The van der Waals surface area contributed by atoms with E-state index >= 15 is 0 Å². The molecule has 17 heavy (non-hydrogen) atoms. The summed E-state index contributed by atoms with van der Waals surface area (Å²) in [4.78, 5) is 0.841. The molecule has 1 aromatic carbocycles. The molecule has 5 heteroatoms. The Kier molecular flexibility index (Phi) is 4.00. The first kappa shape index (κ1) is 13.2. The first-order valence-corrected chi connectivity index (χ1v) is 7.36. The second-order valence-corrected chi connectivity index (χ2v) is 7.14. The molecular weight excluding hydrogens is 374 g/mol. The van der Waals surface area contributed by atoms with E-state index in [1.165, 1.54) is 12.1 Å². The topological polar surface area (TPSA) is 0 Å². The Morgan fingerprint density at radius 1 is 1.18 bits per heavy atom. The lowest BCUT2D eigenvalue weighted by atomic mass is 10.1. The minimum Gasteiger partial charge on any atom is -0.207 e. The molecule has 0 saturated carbocycles. The molecule has 0 N–H and O–H groups in total. The number of rotatable bonds is 2. The highest BCUT2D eigenvalue weighted by molar-refractivity contribution is 9.11. The fraction of sp³-hybridized carbons (Fsp3) is 0.167. The minimum absolute atomic E-state index is 0.259. The van der Waals surface area contributed by atoms with E-state index in [0.29, 0.717) is 5.56 Å². The molecule has 1 unspecified atom stereocenters. The average Bonchev–Trinajstić information content (AvgIpc) is 2.57. The zero-order valence-electron chi connectivity index (χ0n) is 8.81. The van der Waals surface area contributed by atoms with E-state index in [9.17, 15) is 8.78 Å². The Morgan fingerprint density at radius 2 is 1.88 bits per heavy atom. The van der Waals surface area contributed by atoms with Gasteiger partial charge in [-0.25, -0.2) is 8.78 Å². The van der Waals surface area contributed by atoms with Gasteiger partial charge in [0.25, 0.3) is 0 Å². The van der Waals surface area contributed by atoms with Crippen LogP contribution in [0.25, 0.3) is 0 Å². The van der Waals surface area contributed by atoms with Crippen LogP contribution >= 0.6 is 43.2 Å². The van der Waals surface area contributed by atoms with E-state index < -0.39 is 11.6 Å². The second kappa shape index (κ2) is 5.16. The molecule has 0 aliphatic heterocycles.